The lowest BCUT2D eigenvalue weighted by atomic mass is 10.2. The predicted octanol–water partition coefficient (Wildman–Crippen LogP) is 3.60. The molecule has 168 valence electrons. The molecule has 10 nitrogen and oxygen atoms in total. The van der Waals surface area contributed by atoms with Crippen LogP contribution in [0.3, 0.4) is 0 Å². The zero-order valence-corrected chi connectivity index (χ0v) is 19.6. The minimum atomic E-state index is -4.56. The van der Waals surface area contributed by atoms with Gasteiger partial charge in [0.05, 0.1) is 25.3 Å². The molecule has 0 saturated heterocycles. The van der Waals surface area contributed by atoms with Crippen LogP contribution in [0.15, 0.2) is 46.2 Å². The highest BCUT2D eigenvalue weighted by Gasteiger charge is 2.27. The number of hydrogen-bond acceptors (Lipinski definition) is 10. The van der Waals surface area contributed by atoms with Gasteiger partial charge in [0, 0.05) is 0 Å². The third kappa shape index (κ3) is 3.96. The summed E-state index contributed by atoms with van der Waals surface area (Å²) < 4.78 is 77.2. The molecule has 0 radical (unpaired) electrons. The van der Waals surface area contributed by atoms with Crippen molar-refractivity contribution in [2.45, 2.75) is 9.79 Å². The van der Waals surface area contributed by atoms with Gasteiger partial charge in [-0.3, -0.25) is 9.11 Å². The lowest BCUT2D eigenvalue weighted by molar-refractivity contribution is 0.414. The van der Waals surface area contributed by atoms with E-state index in [-0.39, 0.29) is 42.4 Å². The molecule has 2 aromatic carbocycles. The first-order valence-electron chi connectivity index (χ1n) is 8.61. The Morgan fingerprint density at radius 3 is 1.41 bits per heavy atom. The molecule has 0 bridgehead atoms. The van der Waals surface area contributed by atoms with E-state index in [1.54, 1.807) is 0 Å². The molecule has 14 heteroatoms. The third-order valence-corrected chi connectivity index (χ3v) is 8.23. The number of ether oxygens (including phenoxy) is 2. The maximum atomic E-state index is 11.9. The van der Waals surface area contributed by atoms with Gasteiger partial charge in [0.15, 0.2) is 9.66 Å². The average molecular weight is 515 g/mol. The van der Waals surface area contributed by atoms with Crippen molar-refractivity contribution in [3.05, 3.63) is 36.4 Å². The Morgan fingerprint density at radius 2 is 1.09 bits per heavy atom. The van der Waals surface area contributed by atoms with Crippen molar-refractivity contribution >= 4 is 52.6 Å². The molecule has 0 unspecified atom stereocenters. The number of methoxy groups -OCH3 is 2. The standard InChI is InChI=1S/C18H14N2O8S4/c1-27-9-5-3-7-11(31(21,22)23)13(9)15-19-17-18(29-15)20-16(30-17)14-10(28-2)6-4-8-12(14)32(24,25)26/h3-8H,1-2H3,(H,21,22,23)(H,24,25,26). The Balaban J connectivity index is 1.92. The monoisotopic (exact) mass is 514 g/mol. The number of rotatable bonds is 6. The summed E-state index contributed by atoms with van der Waals surface area (Å²) in [5, 5.41) is 0.482. The van der Waals surface area contributed by atoms with Crippen LogP contribution in [0.1, 0.15) is 0 Å². The first-order chi connectivity index (χ1) is 15.0. The quantitative estimate of drug-likeness (QED) is 0.365. The van der Waals surface area contributed by atoms with E-state index in [4.69, 9.17) is 9.47 Å². The van der Waals surface area contributed by atoms with Crippen LogP contribution < -0.4 is 9.47 Å². The van der Waals surface area contributed by atoms with Crippen LogP contribution in [-0.2, 0) is 20.2 Å². The van der Waals surface area contributed by atoms with Crippen LogP contribution in [0.5, 0.6) is 11.5 Å². The van der Waals surface area contributed by atoms with Crippen LogP contribution in [-0.4, -0.2) is 50.1 Å². The number of fused-ring (bicyclic) bond motifs is 1. The summed E-state index contributed by atoms with van der Waals surface area (Å²) in [7, 11) is -6.40. The molecule has 0 amide bonds. The molecule has 0 fully saturated rings. The zero-order valence-electron chi connectivity index (χ0n) is 16.3. The SMILES string of the molecule is COc1cccc(S(=O)(=O)O)c1-c1nc2sc(-c3c(OC)cccc3S(=O)(=O)O)nc2s1. The maximum Gasteiger partial charge on any atom is 0.295 e. The van der Waals surface area contributed by atoms with Crippen molar-refractivity contribution in [3.8, 4) is 32.6 Å². The second-order valence-corrected chi connectivity index (χ2v) is 11.0. The second kappa shape index (κ2) is 8.06. The number of benzene rings is 2. The van der Waals surface area contributed by atoms with Crippen molar-refractivity contribution in [1.29, 1.82) is 0 Å². The Kier molecular flexibility index (Phi) is 5.68. The summed E-state index contributed by atoms with van der Waals surface area (Å²) in [6, 6.07) is 8.38. The summed E-state index contributed by atoms with van der Waals surface area (Å²) in [6.07, 6.45) is 0. The molecule has 0 aliphatic heterocycles. The average Bonchev–Trinajstić information content (AvgIpc) is 3.30. The Hall–Kier alpha value is -2.62. The molecule has 0 aliphatic carbocycles. The van der Waals surface area contributed by atoms with Crippen molar-refractivity contribution in [2.24, 2.45) is 0 Å². The Labute approximate surface area is 190 Å². The molecule has 0 saturated carbocycles. The van der Waals surface area contributed by atoms with Gasteiger partial charge in [-0.1, -0.05) is 34.8 Å². The van der Waals surface area contributed by atoms with Crippen molar-refractivity contribution < 1.29 is 35.4 Å². The van der Waals surface area contributed by atoms with Gasteiger partial charge in [-0.2, -0.15) is 16.8 Å². The van der Waals surface area contributed by atoms with E-state index < -0.39 is 20.2 Å². The van der Waals surface area contributed by atoms with Crippen molar-refractivity contribution in [2.75, 3.05) is 14.2 Å². The van der Waals surface area contributed by atoms with Gasteiger partial charge < -0.3 is 9.47 Å². The summed E-state index contributed by atoms with van der Waals surface area (Å²) >= 11 is 2.06. The topological polar surface area (TPSA) is 153 Å². The van der Waals surface area contributed by atoms with Gasteiger partial charge in [-0.15, -0.1) is 0 Å². The highest BCUT2D eigenvalue weighted by atomic mass is 32.2. The smallest absolute Gasteiger partial charge is 0.295 e. The van der Waals surface area contributed by atoms with E-state index in [0.717, 1.165) is 22.7 Å². The number of thiazole rings is 2. The molecule has 2 aromatic heterocycles. The molecular weight excluding hydrogens is 500 g/mol. The summed E-state index contributed by atoms with van der Waals surface area (Å²) in [6.45, 7) is 0. The van der Waals surface area contributed by atoms with E-state index in [9.17, 15) is 25.9 Å². The Bertz CT molecular complexity index is 1410. The summed E-state index contributed by atoms with van der Waals surface area (Å²) in [5.41, 5.74) is 0.176. The lowest BCUT2D eigenvalue weighted by Gasteiger charge is -2.10. The largest absolute Gasteiger partial charge is 0.496 e. The minimum Gasteiger partial charge on any atom is -0.496 e. The fourth-order valence-electron chi connectivity index (χ4n) is 3.07. The molecule has 4 aromatic rings. The predicted molar refractivity (Wildman–Crippen MR) is 119 cm³/mol. The maximum absolute atomic E-state index is 11.9. The number of nitrogens with zero attached hydrogens (tertiary/aromatic N) is 2. The van der Waals surface area contributed by atoms with Crippen LogP contribution in [0.25, 0.3) is 30.8 Å². The zero-order chi connectivity index (χ0) is 23.3. The highest BCUT2D eigenvalue weighted by molar-refractivity contribution is 7.86. The van der Waals surface area contributed by atoms with E-state index in [2.05, 4.69) is 9.97 Å². The molecule has 0 spiro atoms. The molecule has 4 rings (SSSR count). The van der Waals surface area contributed by atoms with Gasteiger partial charge in [-0.25, -0.2) is 9.97 Å². The van der Waals surface area contributed by atoms with E-state index in [0.29, 0.717) is 9.66 Å². The van der Waals surface area contributed by atoms with Crippen LogP contribution >= 0.6 is 22.7 Å². The van der Waals surface area contributed by atoms with E-state index in [1.165, 1.54) is 50.6 Å². The van der Waals surface area contributed by atoms with Crippen LogP contribution in [0.2, 0.25) is 0 Å². The van der Waals surface area contributed by atoms with E-state index in [1.807, 2.05) is 0 Å². The lowest BCUT2D eigenvalue weighted by Crippen LogP contribution is -2.02. The number of aromatic nitrogens is 2. The van der Waals surface area contributed by atoms with Crippen molar-refractivity contribution in [3.63, 3.8) is 0 Å². The van der Waals surface area contributed by atoms with Gasteiger partial charge in [-0.05, 0) is 24.3 Å². The molecular formula is C18H14N2O8S4. The molecule has 2 N–H and O–H groups in total. The minimum absolute atomic E-state index is 0.0881. The van der Waals surface area contributed by atoms with Gasteiger partial charge >= 0.3 is 0 Å². The van der Waals surface area contributed by atoms with Gasteiger partial charge in [0.25, 0.3) is 20.2 Å². The first kappa shape index (κ1) is 22.6. The normalized spacial score (nSPS) is 12.2. The fourth-order valence-corrected chi connectivity index (χ4v) is 6.78. The van der Waals surface area contributed by atoms with Gasteiger partial charge in [0.1, 0.15) is 31.3 Å². The summed E-state index contributed by atoms with van der Waals surface area (Å²) in [5.74, 6) is 0.389. The third-order valence-electron chi connectivity index (χ3n) is 4.38. The highest BCUT2D eigenvalue weighted by Crippen LogP contribution is 2.44. The molecule has 32 heavy (non-hydrogen) atoms. The Morgan fingerprint density at radius 1 is 0.719 bits per heavy atom. The molecule has 0 atom stereocenters. The number of hydrogen-bond donors (Lipinski definition) is 2. The fraction of sp³-hybridized carbons (Fsp3) is 0.111. The molecule has 2 heterocycles. The first-order valence-corrected chi connectivity index (χ1v) is 13.1. The second-order valence-electron chi connectivity index (χ2n) is 6.27. The summed E-state index contributed by atoms with van der Waals surface area (Å²) in [4.78, 5) is 8.90. The van der Waals surface area contributed by atoms with Crippen LogP contribution in [0.4, 0.5) is 0 Å². The van der Waals surface area contributed by atoms with Crippen molar-refractivity contribution in [1.82, 2.24) is 9.97 Å². The van der Waals surface area contributed by atoms with Gasteiger partial charge in [0.2, 0.25) is 0 Å². The molecule has 0 aliphatic rings. The van der Waals surface area contributed by atoms with E-state index >= 15 is 0 Å². The van der Waals surface area contributed by atoms with Crippen LogP contribution in [0, 0.1) is 0 Å².